The molecule has 5 nitrogen and oxygen atoms in total. The number of thiophene rings is 1. The molecule has 0 unspecified atom stereocenters. The first-order valence-electron chi connectivity index (χ1n) is 6.32. The molecule has 0 aliphatic carbocycles. The zero-order valence-electron chi connectivity index (χ0n) is 12.1. The van der Waals surface area contributed by atoms with Crippen molar-refractivity contribution in [1.82, 2.24) is 15.1 Å². The van der Waals surface area contributed by atoms with Gasteiger partial charge in [-0.15, -0.1) is 21.5 Å². The second-order valence-corrected chi connectivity index (χ2v) is 6.15. The van der Waals surface area contributed by atoms with Gasteiger partial charge in [0.15, 0.2) is 5.69 Å². The summed E-state index contributed by atoms with van der Waals surface area (Å²) in [5.41, 5.74) is 1.66. The summed E-state index contributed by atoms with van der Waals surface area (Å²) in [6.07, 6.45) is 0. The maximum Gasteiger partial charge on any atom is 0.273 e. The van der Waals surface area contributed by atoms with E-state index >= 15 is 0 Å². The van der Waals surface area contributed by atoms with E-state index in [1.54, 1.807) is 37.6 Å². The van der Waals surface area contributed by atoms with Crippen LogP contribution in [-0.2, 0) is 6.54 Å². The summed E-state index contributed by atoms with van der Waals surface area (Å²) in [5, 5.41) is 11.2. The minimum atomic E-state index is -0.145. The lowest BCUT2D eigenvalue weighted by molar-refractivity contribution is 0.0821. The van der Waals surface area contributed by atoms with Gasteiger partial charge in [0.05, 0.1) is 6.54 Å². The fourth-order valence-electron chi connectivity index (χ4n) is 1.68. The normalized spacial score (nSPS) is 10.4. The summed E-state index contributed by atoms with van der Waals surface area (Å²) in [5.74, 6) is 0.526. The minimum Gasteiger partial charge on any atom is -0.364 e. The Balaban J connectivity index is 1.99. The van der Waals surface area contributed by atoms with Gasteiger partial charge in [0.2, 0.25) is 0 Å². The zero-order valence-corrected chi connectivity index (χ0v) is 12.9. The van der Waals surface area contributed by atoms with Crippen LogP contribution in [0.5, 0.6) is 0 Å². The van der Waals surface area contributed by atoms with Crippen LogP contribution in [0.1, 0.15) is 25.8 Å². The van der Waals surface area contributed by atoms with Crippen LogP contribution in [0, 0.1) is 13.8 Å². The molecule has 0 aromatic carbocycles. The Labute approximate surface area is 122 Å². The van der Waals surface area contributed by atoms with Crippen LogP contribution in [0.2, 0.25) is 0 Å². The van der Waals surface area contributed by atoms with Crippen molar-refractivity contribution in [3.8, 4) is 0 Å². The molecule has 6 heteroatoms. The van der Waals surface area contributed by atoms with Gasteiger partial charge in [-0.2, -0.15) is 0 Å². The molecule has 0 fully saturated rings. The summed E-state index contributed by atoms with van der Waals surface area (Å²) < 4.78 is 0. The number of amides is 1. The van der Waals surface area contributed by atoms with Crippen LogP contribution in [0.25, 0.3) is 0 Å². The van der Waals surface area contributed by atoms with Gasteiger partial charge in [-0.1, -0.05) is 0 Å². The van der Waals surface area contributed by atoms with Gasteiger partial charge in [0.1, 0.15) is 5.82 Å². The van der Waals surface area contributed by atoms with Crippen molar-refractivity contribution in [3.63, 3.8) is 0 Å². The van der Waals surface area contributed by atoms with Crippen molar-refractivity contribution in [1.29, 1.82) is 0 Å². The molecule has 0 saturated carbocycles. The molecule has 20 heavy (non-hydrogen) atoms. The molecule has 2 heterocycles. The molecule has 0 aliphatic rings. The number of anilines is 1. The Morgan fingerprint density at radius 3 is 2.55 bits per heavy atom. The largest absolute Gasteiger partial charge is 0.364 e. The predicted octanol–water partition coefficient (Wildman–Crippen LogP) is 2.47. The highest BCUT2D eigenvalue weighted by atomic mass is 32.1. The molecular weight excluding hydrogens is 272 g/mol. The van der Waals surface area contributed by atoms with Gasteiger partial charge >= 0.3 is 0 Å². The van der Waals surface area contributed by atoms with Crippen molar-refractivity contribution in [2.24, 2.45) is 0 Å². The third kappa shape index (κ3) is 3.33. The van der Waals surface area contributed by atoms with E-state index in [0.29, 0.717) is 11.5 Å². The SMILES string of the molecule is Cc1cc(CNc2ccc(C(=O)N(C)C)nn2)sc1C. The number of aromatic nitrogens is 2. The van der Waals surface area contributed by atoms with E-state index in [9.17, 15) is 4.79 Å². The smallest absolute Gasteiger partial charge is 0.273 e. The molecule has 0 bridgehead atoms. The van der Waals surface area contributed by atoms with Crippen LogP contribution in [0.3, 0.4) is 0 Å². The molecule has 2 aromatic rings. The lowest BCUT2D eigenvalue weighted by Gasteiger charge is -2.09. The van der Waals surface area contributed by atoms with E-state index in [4.69, 9.17) is 0 Å². The average molecular weight is 290 g/mol. The quantitative estimate of drug-likeness (QED) is 0.939. The highest BCUT2D eigenvalue weighted by Gasteiger charge is 2.10. The maximum atomic E-state index is 11.7. The number of rotatable bonds is 4. The van der Waals surface area contributed by atoms with E-state index in [0.717, 1.165) is 6.54 Å². The van der Waals surface area contributed by atoms with Crippen LogP contribution in [-0.4, -0.2) is 35.1 Å². The Kier molecular flexibility index (Phi) is 4.34. The summed E-state index contributed by atoms with van der Waals surface area (Å²) in [6.45, 7) is 4.94. The molecule has 2 rings (SSSR count). The van der Waals surface area contributed by atoms with E-state index < -0.39 is 0 Å². The van der Waals surface area contributed by atoms with Crippen LogP contribution in [0.15, 0.2) is 18.2 Å². The molecule has 0 saturated heterocycles. The molecular formula is C14H18N4OS. The lowest BCUT2D eigenvalue weighted by Crippen LogP contribution is -2.23. The zero-order chi connectivity index (χ0) is 14.7. The number of nitrogens with one attached hydrogen (secondary N) is 1. The van der Waals surface area contributed by atoms with E-state index in [1.165, 1.54) is 20.2 Å². The molecule has 106 valence electrons. The predicted molar refractivity (Wildman–Crippen MR) is 81.2 cm³/mol. The van der Waals surface area contributed by atoms with Crippen LogP contribution in [0.4, 0.5) is 5.82 Å². The standard InChI is InChI=1S/C14H18N4OS/c1-9-7-11(20-10(9)2)8-15-13-6-5-12(16-17-13)14(19)18(3)4/h5-7H,8H2,1-4H3,(H,15,17). The maximum absolute atomic E-state index is 11.7. The number of hydrogen-bond donors (Lipinski definition) is 1. The van der Waals surface area contributed by atoms with Crippen molar-refractivity contribution >= 4 is 23.1 Å². The Hall–Kier alpha value is -1.95. The summed E-state index contributed by atoms with van der Waals surface area (Å²) >= 11 is 1.77. The van der Waals surface area contributed by atoms with Gasteiger partial charge < -0.3 is 10.2 Å². The lowest BCUT2D eigenvalue weighted by atomic mass is 10.3. The highest BCUT2D eigenvalue weighted by molar-refractivity contribution is 7.12. The second kappa shape index (κ2) is 6.00. The van der Waals surface area contributed by atoms with Crippen molar-refractivity contribution in [3.05, 3.63) is 39.2 Å². The molecule has 1 N–H and O–H groups in total. The van der Waals surface area contributed by atoms with Crippen molar-refractivity contribution in [2.45, 2.75) is 20.4 Å². The molecule has 0 aliphatic heterocycles. The average Bonchev–Trinajstić information content (AvgIpc) is 2.75. The molecule has 0 spiro atoms. The third-order valence-electron chi connectivity index (χ3n) is 2.95. The molecule has 2 aromatic heterocycles. The van der Waals surface area contributed by atoms with Gasteiger partial charge in [-0.05, 0) is 37.6 Å². The topological polar surface area (TPSA) is 58.1 Å². The summed E-state index contributed by atoms with van der Waals surface area (Å²) in [4.78, 5) is 15.8. The van der Waals surface area contributed by atoms with Gasteiger partial charge in [-0.3, -0.25) is 4.79 Å². The minimum absolute atomic E-state index is 0.145. The van der Waals surface area contributed by atoms with Gasteiger partial charge in [0.25, 0.3) is 5.91 Å². The van der Waals surface area contributed by atoms with Crippen molar-refractivity contribution in [2.75, 3.05) is 19.4 Å². The van der Waals surface area contributed by atoms with E-state index in [1.807, 2.05) is 0 Å². The molecule has 1 amide bonds. The fourth-order valence-corrected chi connectivity index (χ4v) is 2.68. The summed E-state index contributed by atoms with van der Waals surface area (Å²) in [7, 11) is 3.38. The third-order valence-corrected chi connectivity index (χ3v) is 4.10. The number of hydrogen-bond acceptors (Lipinski definition) is 5. The number of aryl methyl sites for hydroxylation is 2. The first kappa shape index (κ1) is 14.5. The monoisotopic (exact) mass is 290 g/mol. The fraction of sp³-hybridized carbons (Fsp3) is 0.357. The highest BCUT2D eigenvalue weighted by Crippen LogP contribution is 2.21. The van der Waals surface area contributed by atoms with E-state index in [2.05, 4.69) is 35.4 Å². The Morgan fingerprint density at radius 2 is 2.05 bits per heavy atom. The van der Waals surface area contributed by atoms with Gasteiger partial charge in [-0.25, -0.2) is 0 Å². The van der Waals surface area contributed by atoms with E-state index in [-0.39, 0.29) is 5.91 Å². The number of nitrogens with zero attached hydrogens (tertiary/aromatic N) is 3. The Bertz CT molecular complexity index is 585. The van der Waals surface area contributed by atoms with Gasteiger partial charge in [0, 0.05) is 23.8 Å². The number of carbonyl (C=O) groups is 1. The number of carbonyl (C=O) groups excluding carboxylic acids is 1. The molecule has 0 atom stereocenters. The second-order valence-electron chi connectivity index (χ2n) is 4.81. The van der Waals surface area contributed by atoms with Crippen LogP contribution >= 0.6 is 11.3 Å². The van der Waals surface area contributed by atoms with Crippen molar-refractivity contribution < 1.29 is 4.79 Å². The first-order valence-corrected chi connectivity index (χ1v) is 7.14. The summed E-state index contributed by atoms with van der Waals surface area (Å²) in [6, 6.07) is 5.63. The first-order chi connectivity index (χ1) is 9.47. The van der Waals surface area contributed by atoms with Crippen LogP contribution < -0.4 is 5.32 Å². The molecule has 0 radical (unpaired) electrons. The Morgan fingerprint density at radius 1 is 1.30 bits per heavy atom.